The number of para-hydroxylation sites is 1. The van der Waals surface area contributed by atoms with Crippen molar-refractivity contribution in [2.75, 3.05) is 35.8 Å². The average Bonchev–Trinajstić information content (AvgIpc) is 2.69. The summed E-state index contributed by atoms with van der Waals surface area (Å²) in [7, 11) is -2.47. The molecular formula is C21H21ClN5OP. The van der Waals surface area contributed by atoms with Crippen molar-refractivity contribution in [2.24, 2.45) is 0 Å². The van der Waals surface area contributed by atoms with Crippen LogP contribution in [0.2, 0.25) is 5.02 Å². The predicted molar refractivity (Wildman–Crippen MR) is 122 cm³/mol. The Morgan fingerprint density at radius 2 is 1.86 bits per heavy atom. The standard InChI is InChI=1S/C21H21ClN5OP/c1-4-13-23-15-9-11-16(12-10-15)25-21-24-14-17(22)20(27-21)26-18-7-5-6-8-19(18)29(2,3)28/h4-9,11,14,23H,1,13H2,2-3H3,(H2,24,25,26,27). The normalized spacial score (nSPS) is 10.7. The van der Waals surface area contributed by atoms with Gasteiger partial charge in [0, 0.05) is 11.8 Å². The van der Waals surface area contributed by atoms with E-state index in [0.717, 1.165) is 11.0 Å². The van der Waals surface area contributed by atoms with Crippen LogP contribution in [-0.4, -0.2) is 29.8 Å². The van der Waals surface area contributed by atoms with Crippen LogP contribution in [0.4, 0.5) is 28.8 Å². The maximum Gasteiger partial charge on any atom is 0.229 e. The van der Waals surface area contributed by atoms with Crippen LogP contribution in [0.1, 0.15) is 0 Å². The van der Waals surface area contributed by atoms with Crippen LogP contribution in [-0.2, 0) is 4.57 Å². The third-order valence-corrected chi connectivity index (χ3v) is 5.74. The number of rotatable bonds is 8. The van der Waals surface area contributed by atoms with E-state index in [0.29, 0.717) is 34.7 Å². The molecule has 148 valence electrons. The van der Waals surface area contributed by atoms with E-state index in [1.165, 1.54) is 6.20 Å². The fourth-order valence-electron chi connectivity index (χ4n) is 2.55. The van der Waals surface area contributed by atoms with Gasteiger partial charge in [0.15, 0.2) is 5.82 Å². The first-order valence-electron chi connectivity index (χ1n) is 8.87. The average molecular weight is 426 g/mol. The zero-order valence-electron chi connectivity index (χ0n) is 16.2. The topological polar surface area (TPSA) is 78.9 Å². The number of halogens is 1. The van der Waals surface area contributed by atoms with Crippen molar-refractivity contribution in [1.82, 2.24) is 9.97 Å². The highest BCUT2D eigenvalue weighted by atomic mass is 35.5. The van der Waals surface area contributed by atoms with Crippen LogP contribution >= 0.6 is 18.7 Å². The van der Waals surface area contributed by atoms with E-state index in [4.69, 9.17) is 11.6 Å². The van der Waals surface area contributed by atoms with Crippen molar-refractivity contribution in [3.05, 3.63) is 72.4 Å². The molecule has 0 radical (unpaired) electrons. The van der Waals surface area contributed by atoms with Crippen molar-refractivity contribution in [2.45, 2.75) is 0 Å². The van der Waals surface area contributed by atoms with Crippen LogP contribution in [0.5, 0.6) is 0 Å². The molecule has 1 aromatic heterocycles. The van der Waals surface area contributed by atoms with Gasteiger partial charge in [-0.2, -0.15) is 4.98 Å². The molecule has 6 nitrogen and oxygen atoms in total. The zero-order valence-corrected chi connectivity index (χ0v) is 17.8. The molecule has 0 aliphatic heterocycles. The van der Waals surface area contributed by atoms with Crippen LogP contribution in [0, 0.1) is 12.1 Å². The lowest BCUT2D eigenvalue weighted by molar-refractivity contribution is 0.588. The molecule has 0 amide bonds. The molecular weight excluding hydrogens is 405 g/mol. The van der Waals surface area contributed by atoms with Crippen LogP contribution in [0.15, 0.2) is 55.3 Å². The second kappa shape index (κ2) is 9.00. The first kappa shape index (κ1) is 20.7. The summed E-state index contributed by atoms with van der Waals surface area (Å²) in [4.78, 5) is 8.65. The molecule has 29 heavy (non-hydrogen) atoms. The highest BCUT2D eigenvalue weighted by Crippen LogP contribution is 2.38. The molecule has 0 bridgehead atoms. The quantitative estimate of drug-likeness (QED) is 0.345. The molecule has 3 N–H and O–H groups in total. The molecule has 0 spiro atoms. The van der Waals surface area contributed by atoms with Gasteiger partial charge < -0.3 is 20.5 Å². The summed E-state index contributed by atoms with van der Waals surface area (Å²) in [5.74, 6) is 0.764. The minimum absolute atomic E-state index is 0.349. The summed E-state index contributed by atoms with van der Waals surface area (Å²) in [6.45, 7) is 7.76. The number of benzene rings is 1. The van der Waals surface area contributed by atoms with Gasteiger partial charge in [0.2, 0.25) is 5.95 Å². The van der Waals surface area contributed by atoms with Crippen LogP contribution in [0.3, 0.4) is 0 Å². The van der Waals surface area contributed by atoms with Gasteiger partial charge in [-0.1, -0.05) is 29.8 Å². The van der Waals surface area contributed by atoms with E-state index < -0.39 is 7.14 Å². The Bertz CT molecular complexity index is 1050. The molecule has 3 aromatic rings. The predicted octanol–water partition coefficient (Wildman–Crippen LogP) is 5.06. The Balaban J connectivity index is 1.81. The molecule has 2 aromatic carbocycles. The highest BCUT2D eigenvalue weighted by Gasteiger charge is 2.17. The van der Waals surface area contributed by atoms with E-state index >= 15 is 0 Å². The SMILES string of the molecule is C=CCNc1c#cc(Nc2ncc(Cl)c(Nc3ccccc3P(C)(C)=O)n2)cc1. The summed E-state index contributed by atoms with van der Waals surface area (Å²) in [5.41, 5.74) is 2.18. The van der Waals surface area contributed by atoms with Gasteiger partial charge in [0.25, 0.3) is 0 Å². The van der Waals surface area contributed by atoms with Crippen molar-refractivity contribution in [3.63, 3.8) is 0 Å². The number of hydrogen-bond donors (Lipinski definition) is 3. The minimum atomic E-state index is -2.47. The summed E-state index contributed by atoms with van der Waals surface area (Å²) in [6.07, 6.45) is 3.27. The third kappa shape index (κ3) is 5.51. The van der Waals surface area contributed by atoms with Crippen LogP contribution in [0.25, 0.3) is 0 Å². The van der Waals surface area contributed by atoms with Gasteiger partial charge in [-0.15, -0.1) is 6.58 Å². The molecule has 0 aliphatic rings. The van der Waals surface area contributed by atoms with Gasteiger partial charge >= 0.3 is 0 Å². The van der Waals surface area contributed by atoms with Crippen molar-refractivity contribution >= 4 is 52.9 Å². The molecule has 0 atom stereocenters. The van der Waals surface area contributed by atoms with Gasteiger partial charge in [-0.3, -0.25) is 0 Å². The van der Waals surface area contributed by atoms with E-state index in [1.807, 2.05) is 36.4 Å². The first-order chi connectivity index (χ1) is 13.9. The van der Waals surface area contributed by atoms with Gasteiger partial charge in [0.1, 0.15) is 12.2 Å². The number of hydrogen-bond acceptors (Lipinski definition) is 6. The van der Waals surface area contributed by atoms with Crippen molar-refractivity contribution < 1.29 is 4.57 Å². The number of aromatic nitrogens is 2. The molecule has 0 saturated carbocycles. The van der Waals surface area contributed by atoms with Crippen molar-refractivity contribution in [1.29, 1.82) is 0 Å². The molecule has 0 aliphatic carbocycles. The number of nitrogens with one attached hydrogen (secondary N) is 3. The summed E-state index contributed by atoms with van der Waals surface area (Å²) < 4.78 is 12.6. The Hall–Kier alpha value is -3.00. The van der Waals surface area contributed by atoms with Crippen LogP contribution < -0.4 is 21.3 Å². The van der Waals surface area contributed by atoms with Gasteiger partial charge in [0.05, 0.1) is 23.3 Å². The molecule has 0 saturated heterocycles. The van der Waals surface area contributed by atoms with Crippen molar-refractivity contribution in [3.8, 4) is 0 Å². The Morgan fingerprint density at radius 3 is 2.55 bits per heavy atom. The molecule has 1 heterocycles. The van der Waals surface area contributed by atoms with E-state index in [1.54, 1.807) is 19.4 Å². The van der Waals surface area contributed by atoms with Gasteiger partial charge in [-0.25, -0.2) is 4.98 Å². The van der Waals surface area contributed by atoms with E-state index in [2.05, 4.69) is 44.6 Å². The summed E-state index contributed by atoms with van der Waals surface area (Å²) in [5, 5.41) is 10.5. The zero-order chi connectivity index (χ0) is 20.9. The Labute approximate surface area is 175 Å². The smallest absolute Gasteiger partial charge is 0.229 e. The molecule has 3 rings (SSSR count). The third-order valence-electron chi connectivity index (χ3n) is 3.91. The first-order valence-corrected chi connectivity index (χ1v) is 11.8. The fourth-order valence-corrected chi connectivity index (χ4v) is 3.85. The molecule has 0 fully saturated rings. The van der Waals surface area contributed by atoms with E-state index in [9.17, 15) is 4.57 Å². The molecule has 0 unspecified atom stereocenters. The summed E-state index contributed by atoms with van der Waals surface area (Å²) in [6, 6.07) is 17.1. The monoisotopic (exact) mass is 425 g/mol. The fraction of sp³-hybridized carbons (Fsp3) is 0.143. The summed E-state index contributed by atoms with van der Waals surface area (Å²) >= 11 is 6.27. The molecule has 8 heteroatoms. The van der Waals surface area contributed by atoms with Gasteiger partial charge in [-0.05, 0) is 49.7 Å². The number of nitrogens with zero attached hydrogens (tertiary/aromatic N) is 2. The maximum absolute atomic E-state index is 12.6. The Morgan fingerprint density at radius 1 is 1.14 bits per heavy atom. The van der Waals surface area contributed by atoms with E-state index in [-0.39, 0.29) is 0 Å². The lowest BCUT2D eigenvalue weighted by Crippen LogP contribution is -2.10. The second-order valence-corrected chi connectivity index (χ2v) is 10.2. The minimum Gasteiger partial charge on any atom is -0.375 e. The lowest BCUT2D eigenvalue weighted by Gasteiger charge is -2.15. The Kier molecular flexibility index (Phi) is 6.43. The largest absolute Gasteiger partial charge is 0.375 e. The second-order valence-electron chi connectivity index (χ2n) is 6.59. The lowest BCUT2D eigenvalue weighted by atomic mass is 10.3. The number of anilines is 5. The highest BCUT2D eigenvalue weighted by molar-refractivity contribution is 7.70. The maximum atomic E-state index is 12.6.